The van der Waals surface area contributed by atoms with Crippen molar-refractivity contribution in [3.63, 3.8) is 0 Å². The highest BCUT2D eigenvalue weighted by molar-refractivity contribution is 6.30. The van der Waals surface area contributed by atoms with Crippen molar-refractivity contribution in [2.45, 2.75) is 44.1 Å². The predicted molar refractivity (Wildman–Crippen MR) is 149 cm³/mol. The van der Waals surface area contributed by atoms with Crippen LogP contribution in [0.1, 0.15) is 30.4 Å². The normalized spacial score (nSPS) is 18.2. The summed E-state index contributed by atoms with van der Waals surface area (Å²) in [6, 6.07) is 23.5. The minimum absolute atomic E-state index is 0.0549. The predicted octanol–water partition coefficient (Wildman–Crippen LogP) is 4.99. The minimum atomic E-state index is -1.07. The molecular formula is C30H32ClN3O5. The molecule has 8 nitrogen and oxygen atoms in total. The molecule has 1 heterocycles. The molecule has 1 aliphatic heterocycles. The fourth-order valence-corrected chi connectivity index (χ4v) is 4.93. The Labute approximate surface area is 233 Å². The number of likely N-dealkylation sites (tertiary alicyclic amines) is 1. The van der Waals surface area contributed by atoms with Crippen molar-refractivity contribution in [2.24, 2.45) is 0 Å². The number of carbonyl (C=O) groups is 3. The number of nitrogens with zero attached hydrogens (tertiary/aromatic N) is 1. The monoisotopic (exact) mass is 549 g/mol. The molecule has 1 aliphatic rings. The largest absolute Gasteiger partial charge is 0.467 e. The second kappa shape index (κ2) is 13.3. The molecule has 2 N–H and O–H groups in total. The van der Waals surface area contributed by atoms with E-state index in [1.807, 2.05) is 60.7 Å². The Morgan fingerprint density at radius 1 is 1.00 bits per heavy atom. The molecule has 0 saturated carbocycles. The van der Waals surface area contributed by atoms with Crippen molar-refractivity contribution in [1.29, 1.82) is 0 Å². The van der Waals surface area contributed by atoms with Crippen molar-refractivity contribution in [1.82, 2.24) is 10.2 Å². The molecule has 3 aromatic carbocycles. The minimum Gasteiger partial charge on any atom is -0.467 e. The number of esters is 1. The zero-order chi connectivity index (χ0) is 27.8. The van der Waals surface area contributed by atoms with Crippen LogP contribution in [0.2, 0.25) is 5.02 Å². The summed E-state index contributed by atoms with van der Waals surface area (Å²) in [6.45, 7) is 2.28. The van der Waals surface area contributed by atoms with E-state index >= 15 is 0 Å². The number of benzene rings is 3. The van der Waals surface area contributed by atoms with Crippen LogP contribution in [0, 0.1) is 0 Å². The third-order valence-corrected chi connectivity index (χ3v) is 7.02. The van der Waals surface area contributed by atoms with Gasteiger partial charge in [0.25, 0.3) is 0 Å². The van der Waals surface area contributed by atoms with Crippen molar-refractivity contribution < 1.29 is 23.9 Å². The molecule has 0 radical (unpaired) electrons. The van der Waals surface area contributed by atoms with Gasteiger partial charge < -0.3 is 25.0 Å². The van der Waals surface area contributed by atoms with Gasteiger partial charge >= 0.3 is 12.0 Å². The zero-order valence-electron chi connectivity index (χ0n) is 21.9. The van der Waals surface area contributed by atoms with Gasteiger partial charge in [-0.25, -0.2) is 9.59 Å². The van der Waals surface area contributed by atoms with Gasteiger partial charge in [-0.05, 0) is 42.7 Å². The lowest BCUT2D eigenvalue weighted by atomic mass is 9.96. The molecule has 9 heteroatoms. The van der Waals surface area contributed by atoms with Crippen LogP contribution in [-0.2, 0) is 25.7 Å². The number of hydrogen-bond acceptors (Lipinski definition) is 5. The summed E-state index contributed by atoms with van der Waals surface area (Å²) in [5.41, 5.74) is 2.43. The molecule has 0 bridgehead atoms. The van der Waals surface area contributed by atoms with Gasteiger partial charge in [-0.15, -0.1) is 0 Å². The molecule has 4 atom stereocenters. The van der Waals surface area contributed by atoms with Crippen molar-refractivity contribution >= 4 is 35.2 Å². The Kier molecular flexibility index (Phi) is 9.57. The van der Waals surface area contributed by atoms with Gasteiger partial charge in [0, 0.05) is 23.2 Å². The average Bonchev–Trinajstić information content (AvgIpc) is 3.40. The Morgan fingerprint density at radius 3 is 2.36 bits per heavy atom. The molecule has 4 rings (SSSR count). The van der Waals surface area contributed by atoms with Crippen molar-refractivity contribution in [2.75, 3.05) is 19.0 Å². The lowest BCUT2D eigenvalue weighted by molar-refractivity contribution is -0.152. The van der Waals surface area contributed by atoms with Gasteiger partial charge in [0.15, 0.2) is 0 Å². The molecule has 1 fully saturated rings. The number of carbonyl (C=O) groups excluding carboxylic acids is 3. The summed E-state index contributed by atoms with van der Waals surface area (Å²) in [5, 5.41) is 5.95. The summed E-state index contributed by atoms with van der Waals surface area (Å²) < 4.78 is 11.1. The molecular weight excluding hydrogens is 518 g/mol. The maximum atomic E-state index is 14.0. The van der Waals surface area contributed by atoms with Crippen LogP contribution < -0.4 is 10.6 Å². The first kappa shape index (κ1) is 28.1. The number of rotatable bonds is 9. The van der Waals surface area contributed by atoms with Crippen LogP contribution in [0.25, 0.3) is 0 Å². The molecule has 0 unspecified atom stereocenters. The maximum absolute atomic E-state index is 14.0. The highest BCUT2D eigenvalue weighted by Crippen LogP contribution is 2.33. The second-order valence-corrected chi connectivity index (χ2v) is 9.90. The number of hydrogen-bond donors (Lipinski definition) is 2. The Balaban J connectivity index is 1.56. The van der Waals surface area contributed by atoms with Crippen LogP contribution in [0.5, 0.6) is 0 Å². The molecule has 0 spiro atoms. The highest BCUT2D eigenvalue weighted by atomic mass is 35.5. The summed E-state index contributed by atoms with van der Waals surface area (Å²) in [7, 11) is 1.31. The SMILES string of the molecule is COC(=O)[C@H]1C[C@@H](c2ccccc2)CN1C(=O)[C@@H](NC(=O)Nc1cccc(Cl)c1)[C@@H](C)OCc1ccccc1. The molecule has 0 aliphatic carbocycles. The summed E-state index contributed by atoms with van der Waals surface area (Å²) in [4.78, 5) is 41.3. The van der Waals surface area contributed by atoms with E-state index in [9.17, 15) is 14.4 Å². The number of urea groups is 1. The van der Waals surface area contributed by atoms with Gasteiger partial charge in [0.2, 0.25) is 5.91 Å². The van der Waals surface area contributed by atoms with Crippen LogP contribution in [0.3, 0.4) is 0 Å². The first-order chi connectivity index (χ1) is 18.9. The second-order valence-electron chi connectivity index (χ2n) is 9.46. The first-order valence-corrected chi connectivity index (χ1v) is 13.2. The Morgan fingerprint density at radius 2 is 1.69 bits per heavy atom. The van der Waals surface area contributed by atoms with Crippen LogP contribution in [0.15, 0.2) is 84.9 Å². The molecule has 204 valence electrons. The van der Waals surface area contributed by atoms with E-state index in [-0.39, 0.29) is 12.5 Å². The van der Waals surface area contributed by atoms with E-state index in [1.54, 1.807) is 31.2 Å². The van der Waals surface area contributed by atoms with Gasteiger partial charge in [-0.2, -0.15) is 0 Å². The molecule has 3 aromatic rings. The van der Waals surface area contributed by atoms with E-state index in [1.165, 1.54) is 12.0 Å². The molecule has 39 heavy (non-hydrogen) atoms. The number of nitrogens with one attached hydrogen (secondary N) is 2. The van der Waals surface area contributed by atoms with Crippen molar-refractivity contribution in [3.05, 3.63) is 101 Å². The quantitative estimate of drug-likeness (QED) is 0.366. The number of halogens is 1. The lowest BCUT2D eigenvalue weighted by Crippen LogP contribution is -2.57. The Hall–Kier alpha value is -3.88. The number of anilines is 1. The molecule has 0 aromatic heterocycles. The van der Waals surface area contributed by atoms with Gasteiger partial charge in [-0.1, -0.05) is 78.3 Å². The van der Waals surface area contributed by atoms with E-state index in [0.29, 0.717) is 23.7 Å². The van der Waals surface area contributed by atoms with Gasteiger partial charge in [0.1, 0.15) is 12.1 Å². The van der Waals surface area contributed by atoms with Crippen molar-refractivity contribution in [3.8, 4) is 0 Å². The average molecular weight is 550 g/mol. The van der Waals surface area contributed by atoms with Gasteiger partial charge in [-0.3, -0.25) is 4.79 Å². The van der Waals surface area contributed by atoms with Crippen LogP contribution in [-0.4, -0.2) is 54.6 Å². The smallest absolute Gasteiger partial charge is 0.328 e. The van der Waals surface area contributed by atoms with Gasteiger partial charge in [0.05, 0.1) is 19.8 Å². The number of ether oxygens (including phenoxy) is 2. The first-order valence-electron chi connectivity index (χ1n) is 12.8. The summed E-state index contributed by atoms with van der Waals surface area (Å²) >= 11 is 6.05. The summed E-state index contributed by atoms with van der Waals surface area (Å²) in [6.07, 6.45) is -0.291. The Bertz CT molecular complexity index is 1270. The standard InChI is InChI=1S/C30H32ClN3O5/c1-20(39-19-21-10-5-3-6-11-21)27(33-30(37)32-25-15-9-14-24(31)17-25)28(35)34-18-23(16-26(34)29(36)38-2)22-12-7-4-8-13-22/h3-15,17,20,23,26-27H,16,18-19H2,1-2H3,(H2,32,33,37)/t20-,23-,26-,27+/m1/s1. The lowest BCUT2D eigenvalue weighted by Gasteiger charge is -2.31. The molecule has 1 saturated heterocycles. The molecule has 3 amide bonds. The highest BCUT2D eigenvalue weighted by Gasteiger charge is 2.44. The van der Waals surface area contributed by atoms with E-state index < -0.39 is 36.1 Å². The third kappa shape index (κ3) is 7.37. The summed E-state index contributed by atoms with van der Waals surface area (Å²) in [5.74, 6) is -0.979. The van der Waals surface area contributed by atoms with Crippen LogP contribution in [0.4, 0.5) is 10.5 Å². The topological polar surface area (TPSA) is 97.0 Å². The van der Waals surface area contributed by atoms with E-state index in [0.717, 1.165) is 11.1 Å². The third-order valence-electron chi connectivity index (χ3n) is 6.79. The van der Waals surface area contributed by atoms with E-state index in [4.69, 9.17) is 21.1 Å². The maximum Gasteiger partial charge on any atom is 0.328 e. The van der Waals surface area contributed by atoms with Crippen LogP contribution >= 0.6 is 11.6 Å². The fraction of sp³-hybridized carbons (Fsp3) is 0.300. The fourth-order valence-electron chi connectivity index (χ4n) is 4.74. The zero-order valence-corrected chi connectivity index (χ0v) is 22.6. The number of amides is 3. The number of methoxy groups -OCH3 is 1. The van der Waals surface area contributed by atoms with E-state index in [2.05, 4.69) is 10.6 Å².